The van der Waals surface area contributed by atoms with Crippen molar-refractivity contribution in [3.63, 3.8) is 0 Å². The number of amides is 3. The molecular weight excluding hydrogens is 316 g/mol. The molecule has 3 amide bonds. The maximum absolute atomic E-state index is 12.5. The Morgan fingerprint density at radius 1 is 1.00 bits per heavy atom. The standard InChI is InChI=1S/C17H27NO2.C3H7NO/c1-2-12-6-5-7-13(10-12)11-18-16(19)14-8-3-4-9-15(14)17(18)20;1-3(5)4-2/h12-15H,2-11H2,1H3;1-2H3,(H,4,5). The Kier molecular flexibility index (Phi) is 7.45. The van der Waals surface area contributed by atoms with Gasteiger partial charge < -0.3 is 5.32 Å². The fraction of sp³-hybridized carbons (Fsp3) is 0.850. The monoisotopic (exact) mass is 350 g/mol. The molecule has 142 valence electrons. The zero-order chi connectivity index (χ0) is 18.4. The molecule has 25 heavy (non-hydrogen) atoms. The van der Waals surface area contributed by atoms with Gasteiger partial charge in [0.1, 0.15) is 0 Å². The molecular formula is C20H34N2O3. The van der Waals surface area contributed by atoms with Gasteiger partial charge in [-0.1, -0.05) is 39.0 Å². The first kappa shape index (κ1) is 19.9. The van der Waals surface area contributed by atoms with Crippen molar-refractivity contribution < 1.29 is 14.4 Å². The van der Waals surface area contributed by atoms with E-state index in [0.29, 0.717) is 12.5 Å². The van der Waals surface area contributed by atoms with Crippen LogP contribution in [0.4, 0.5) is 0 Å². The normalized spacial score (nSPS) is 31.9. The summed E-state index contributed by atoms with van der Waals surface area (Å²) in [7, 11) is 1.60. The van der Waals surface area contributed by atoms with Gasteiger partial charge in [-0.25, -0.2) is 0 Å². The molecule has 4 unspecified atom stereocenters. The molecule has 1 heterocycles. The largest absolute Gasteiger partial charge is 0.359 e. The summed E-state index contributed by atoms with van der Waals surface area (Å²) in [6.45, 7) is 4.44. The number of carbonyl (C=O) groups is 3. The van der Waals surface area contributed by atoms with E-state index in [9.17, 15) is 14.4 Å². The predicted molar refractivity (Wildman–Crippen MR) is 97.6 cm³/mol. The van der Waals surface area contributed by atoms with Crippen LogP contribution in [0.2, 0.25) is 0 Å². The van der Waals surface area contributed by atoms with Crippen LogP contribution in [-0.2, 0) is 14.4 Å². The van der Waals surface area contributed by atoms with E-state index >= 15 is 0 Å². The van der Waals surface area contributed by atoms with Crippen molar-refractivity contribution >= 4 is 17.7 Å². The molecule has 0 spiro atoms. The lowest BCUT2D eigenvalue weighted by molar-refractivity contribution is -0.141. The summed E-state index contributed by atoms with van der Waals surface area (Å²) < 4.78 is 0. The summed E-state index contributed by atoms with van der Waals surface area (Å²) in [5.74, 6) is 1.73. The zero-order valence-corrected chi connectivity index (χ0v) is 16.1. The second-order valence-electron chi connectivity index (χ2n) is 7.90. The number of imide groups is 1. The summed E-state index contributed by atoms with van der Waals surface area (Å²) in [5, 5.41) is 2.39. The minimum Gasteiger partial charge on any atom is -0.359 e. The number of carbonyl (C=O) groups excluding carboxylic acids is 3. The molecule has 0 aromatic carbocycles. The Bertz CT molecular complexity index is 467. The van der Waals surface area contributed by atoms with E-state index in [0.717, 1.165) is 31.6 Å². The van der Waals surface area contributed by atoms with E-state index in [1.807, 2.05) is 0 Å². The smallest absolute Gasteiger partial charge is 0.233 e. The molecule has 0 bridgehead atoms. The van der Waals surface area contributed by atoms with Crippen LogP contribution in [-0.4, -0.2) is 36.2 Å². The van der Waals surface area contributed by atoms with Gasteiger partial charge in [-0.15, -0.1) is 0 Å². The van der Waals surface area contributed by atoms with Crippen molar-refractivity contribution in [1.29, 1.82) is 0 Å². The number of hydrogen-bond donors (Lipinski definition) is 1. The minimum absolute atomic E-state index is 0.00463. The third-order valence-corrected chi connectivity index (χ3v) is 6.19. The highest BCUT2D eigenvalue weighted by atomic mass is 16.2. The lowest BCUT2D eigenvalue weighted by Crippen LogP contribution is -2.37. The second-order valence-corrected chi connectivity index (χ2v) is 7.90. The van der Waals surface area contributed by atoms with Crippen LogP contribution in [0.3, 0.4) is 0 Å². The average Bonchev–Trinajstić information content (AvgIpc) is 2.88. The third-order valence-electron chi connectivity index (χ3n) is 6.19. The lowest BCUT2D eigenvalue weighted by Gasteiger charge is -2.30. The Hall–Kier alpha value is -1.39. The van der Waals surface area contributed by atoms with Gasteiger partial charge in [-0.05, 0) is 37.5 Å². The lowest BCUT2D eigenvalue weighted by atomic mass is 9.80. The van der Waals surface area contributed by atoms with Gasteiger partial charge in [-0.3, -0.25) is 19.3 Å². The van der Waals surface area contributed by atoms with E-state index in [4.69, 9.17) is 0 Å². The van der Waals surface area contributed by atoms with Gasteiger partial charge in [0.2, 0.25) is 17.7 Å². The van der Waals surface area contributed by atoms with Gasteiger partial charge in [0.25, 0.3) is 0 Å². The molecule has 4 atom stereocenters. The molecule has 1 saturated heterocycles. The number of hydrogen-bond acceptors (Lipinski definition) is 3. The maximum atomic E-state index is 12.5. The van der Waals surface area contributed by atoms with Crippen LogP contribution < -0.4 is 5.32 Å². The van der Waals surface area contributed by atoms with E-state index in [2.05, 4.69) is 12.2 Å². The first-order valence-corrected chi connectivity index (χ1v) is 10.0. The highest BCUT2D eigenvalue weighted by molar-refractivity contribution is 6.05. The summed E-state index contributed by atoms with van der Waals surface area (Å²) >= 11 is 0. The van der Waals surface area contributed by atoms with Crippen molar-refractivity contribution in [2.75, 3.05) is 13.6 Å². The molecule has 2 aliphatic carbocycles. The summed E-state index contributed by atoms with van der Waals surface area (Å²) in [4.78, 5) is 36.3. The zero-order valence-electron chi connectivity index (χ0n) is 16.1. The van der Waals surface area contributed by atoms with Crippen molar-refractivity contribution in [3.8, 4) is 0 Å². The number of nitrogens with zero attached hydrogens (tertiary/aromatic N) is 1. The summed E-state index contributed by atoms with van der Waals surface area (Å²) in [6.07, 6.45) is 10.4. The van der Waals surface area contributed by atoms with Crippen molar-refractivity contribution in [1.82, 2.24) is 10.2 Å². The molecule has 0 aromatic heterocycles. The molecule has 1 aliphatic heterocycles. The molecule has 3 rings (SSSR count). The molecule has 0 radical (unpaired) electrons. The second kappa shape index (κ2) is 9.35. The van der Waals surface area contributed by atoms with Gasteiger partial charge >= 0.3 is 0 Å². The van der Waals surface area contributed by atoms with Crippen LogP contribution in [0, 0.1) is 23.7 Å². The van der Waals surface area contributed by atoms with Crippen LogP contribution >= 0.6 is 0 Å². The third kappa shape index (κ3) is 5.05. The number of fused-ring (bicyclic) bond motifs is 1. The van der Waals surface area contributed by atoms with Gasteiger partial charge in [0.05, 0.1) is 11.8 Å². The van der Waals surface area contributed by atoms with Crippen LogP contribution in [0.5, 0.6) is 0 Å². The molecule has 0 aromatic rings. The number of nitrogens with one attached hydrogen (secondary N) is 1. The SMILES string of the molecule is CCC1CCCC(CN2C(=O)C3CCCCC3C2=O)C1.CNC(C)=O. The number of likely N-dealkylation sites (tertiary alicyclic amines) is 1. The number of rotatable bonds is 3. The highest BCUT2D eigenvalue weighted by Crippen LogP contribution is 2.39. The maximum Gasteiger partial charge on any atom is 0.233 e. The summed E-state index contributed by atoms with van der Waals surface area (Å²) in [6, 6.07) is 0. The molecule has 3 fully saturated rings. The first-order chi connectivity index (χ1) is 12.0. The minimum atomic E-state index is 0.00463. The molecule has 3 aliphatic rings. The van der Waals surface area contributed by atoms with E-state index in [1.54, 1.807) is 11.9 Å². The van der Waals surface area contributed by atoms with Crippen LogP contribution in [0.1, 0.15) is 71.6 Å². The van der Waals surface area contributed by atoms with Gasteiger partial charge in [0.15, 0.2) is 0 Å². The van der Waals surface area contributed by atoms with Crippen LogP contribution in [0.25, 0.3) is 0 Å². The average molecular weight is 351 g/mol. The Morgan fingerprint density at radius 2 is 1.52 bits per heavy atom. The quantitative estimate of drug-likeness (QED) is 0.795. The first-order valence-electron chi connectivity index (χ1n) is 10.0. The Balaban J connectivity index is 0.000000399. The van der Waals surface area contributed by atoms with E-state index in [-0.39, 0.29) is 29.6 Å². The van der Waals surface area contributed by atoms with Crippen molar-refractivity contribution in [3.05, 3.63) is 0 Å². The van der Waals surface area contributed by atoms with Crippen LogP contribution in [0.15, 0.2) is 0 Å². The van der Waals surface area contributed by atoms with Gasteiger partial charge in [-0.2, -0.15) is 0 Å². The molecule has 1 N–H and O–H groups in total. The Labute approximate surface area is 151 Å². The molecule has 2 saturated carbocycles. The molecule has 5 nitrogen and oxygen atoms in total. The fourth-order valence-corrected chi connectivity index (χ4v) is 4.61. The highest BCUT2D eigenvalue weighted by Gasteiger charge is 2.48. The van der Waals surface area contributed by atoms with Crippen molar-refractivity contribution in [2.45, 2.75) is 71.6 Å². The topological polar surface area (TPSA) is 66.5 Å². The Morgan fingerprint density at radius 3 is 2.00 bits per heavy atom. The molecule has 5 heteroatoms. The van der Waals surface area contributed by atoms with E-state index < -0.39 is 0 Å². The van der Waals surface area contributed by atoms with Crippen molar-refractivity contribution in [2.24, 2.45) is 23.7 Å². The predicted octanol–water partition coefficient (Wildman–Crippen LogP) is 3.13. The fourth-order valence-electron chi connectivity index (χ4n) is 4.61. The van der Waals surface area contributed by atoms with E-state index in [1.165, 1.54) is 39.0 Å². The summed E-state index contributed by atoms with van der Waals surface area (Å²) in [5.41, 5.74) is 0. The van der Waals surface area contributed by atoms with Gasteiger partial charge in [0, 0.05) is 20.5 Å².